The molecule has 2 rings (SSSR count). The van der Waals surface area contributed by atoms with Crippen LogP contribution in [0.5, 0.6) is 0 Å². The van der Waals surface area contributed by atoms with Crippen LogP contribution in [0.1, 0.15) is 50.5 Å². The van der Waals surface area contributed by atoms with Crippen molar-refractivity contribution in [1.29, 1.82) is 0 Å². The first kappa shape index (κ1) is 18.2. The SMILES string of the molecule is CC(C)(C)C(=O)ON1CCCCC1CNC(=O)c1ncccc1N. The Hall–Kier alpha value is -2.15. The third kappa shape index (κ3) is 4.67. The monoisotopic (exact) mass is 334 g/mol. The molecule has 3 N–H and O–H groups in total. The third-order valence-corrected chi connectivity index (χ3v) is 3.94. The zero-order valence-corrected chi connectivity index (χ0v) is 14.5. The number of hydrogen-bond donors (Lipinski definition) is 2. The van der Waals surface area contributed by atoms with E-state index < -0.39 is 5.41 Å². The van der Waals surface area contributed by atoms with Gasteiger partial charge in [0.2, 0.25) is 0 Å². The summed E-state index contributed by atoms with van der Waals surface area (Å²) in [5.74, 6) is -0.588. The number of anilines is 1. The maximum Gasteiger partial charge on any atom is 0.330 e. The van der Waals surface area contributed by atoms with Crippen LogP contribution in [-0.4, -0.2) is 41.1 Å². The molecule has 1 aliphatic heterocycles. The second kappa shape index (κ2) is 7.61. The highest BCUT2D eigenvalue weighted by Gasteiger charge is 2.31. The number of amides is 1. The Balaban J connectivity index is 1.95. The molecule has 1 amide bonds. The molecule has 132 valence electrons. The van der Waals surface area contributed by atoms with Gasteiger partial charge in [-0.2, -0.15) is 0 Å². The van der Waals surface area contributed by atoms with Crippen LogP contribution in [0.3, 0.4) is 0 Å². The van der Waals surface area contributed by atoms with Crippen LogP contribution < -0.4 is 11.1 Å². The molecule has 1 aliphatic rings. The molecule has 0 aliphatic carbocycles. The van der Waals surface area contributed by atoms with Crippen LogP contribution in [0.2, 0.25) is 0 Å². The molecule has 7 heteroatoms. The lowest BCUT2D eigenvalue weighted by Gasteiger charge is -2.35. The molecule has 24 heavy (non-hydrogen) atoms. The van der Waals surface area contributed by atoms with Crippen molar-refractivity contribution >= 4 is 17.6 Å². The van der Waals surface area contributed by atoms with Crippen LogP contribution >= 0.6 is 0 Å². The smallest absolute Gasteiger partial charge is 0.330 e. The van der Waals surface area contributed by atoms with E-state index in [4.69, 9.17) is 10.6 Å². The van der Waals surface area contributed by atoms with Crippen LogP contribution in [0.4, 0.5) is 5.69 Å². The number of aromatic nitrogens is 1. The van der Waals surface area contributed by atoms with Gasteiger partial charge in [-0.25, -0.2) is 9.78 Å². The Morgan fingerprint density at radius 1 is 1.42 bits per heavy atom. The summed E-state index contributed by atoms with van der Waals surface area (Å²) in [6.07, 6.45) is 4.39. The van der Waals surface area contributed by atoms with Gasteiger partial charge in [0.15, 0.2) is 5.69 Å². The lowest BCUT2D eigenvalue weighted by molar-refractivity contribution is -0.216. The van der Waals surface area contributed by atoms with Gasteiger partial charge in [-0.3, -0.25) is 4.79 Å². The van der Waals surface area contributed by atoms with Crippen molar-refractivity contribution in [2.45, 2.75) is 46.1 Å². The number of hydrogen-bond acceptors (Lipinski definition) is 6. The molecule has 1 saturated heterocycles. The highest BCUT2D eigenvalue weighted by molar-refractivity contribution is 5.96. The number of nitrogens with one attached hydrogen (secondary N) is 1. The van der Waals surface area contributed by atoms with Crippen LogP contribution in [0.15, 0.2) is 18.3 Å². The summed E-state index contributed by atoms with van der Waals surface area (Å²) < 4.78 is 0. The van der Waals surface area contributed by atoms with Gasteiger partial charge in [0.25, 0.3) is 5.91 Å². The van der Waals surface area contributed by atoms with E-state index in [-0.39, 0.29) is 23.6 Å². The van der Waals surface area contributed by atoms with Crippen molar-refractivity contribution < 1.29 is 14.4 Å². The summed E-state index contributed by atoms with van der Waals surface area (Å²) in [7, 11) is 0. The minimum atomic E-state index is -0.562. The predicted octanol–water partition coefficient (Wildman–Crippen LogP) is 1.75. The lowest BCUT2D eigenvalue weighted by Crippen LogP contribution is -2.48. The molecule has 2 heterocycles. The lowest BCUT2D eigenvalue weighted by atomic mass is 9.97. The summed E-state index contributed by atoms with van der Waals surface area (Å²) in [4.78, 5) is 33.9. The van der Waals surface area contributed by atoms with Crippen molar-refractivity contribution in [2.24, 2.45) is 5.41 Å². The minimum absolute atomic E-state index is 0.0427. The van der Waals surface area contributed by atoms with Gasteiger partial charge >= 0.3 is 5.97 Å². The predicted molar refractivity (Wildman–Crippen MR) is 90.9 cm³/mol. The zero-order chi connectivity index (χ0) is 17.7. The Bertz CT molecular complexity index is 598. The van der Waals surface area contributed by atoms with Gasteiger partial charge in [-0.15, -0.1) is 5.06 Å². The number of piperidine rings is 1. The molecule has 1 unspecified atom stereocenters. The van der Waals surface area contributed by atoms with Gasteiger partial charge in [0, 0.05) is 19.3 Å². The molecule has 7 nitrogen and oxygen atoms in total. The number of hydroxylamine groups is 2. The van der Waals surface area contributed by atoms with Crippen molar-refractivity contribution in [3.05, 3.63) is 24.0 Å². The minimum Gasteiger partial charge on any atom is -0.397 e. The van der Waals surface area contributed by atoms with Crippen molar-refractivity contribution in [3.63, 3.8) is 0 Å². The van der Waals surface area contributed by atoms with Gasteiger partial charge in [0.1, 0.15) is 0 Å². The maximum absolute atomic E-state index is 12.2. The van der Waals surface area contributed by atoms with Gasteiger partial charge in [-0.1, -0.05) is 6.42 Å². The summed E-state index contributed by atoms with van der Waals surface area (Å²) >= 11 is 0. The van der Waals surface area contributed by atoms with E-state index in [9.17, 15) is 9.59 Å². The van der Waals surface area contributed by atoms with E-state index in [1.165, 1.54) is 6.20 Å². The molecule has 1 fully saturated rings. The average molecular weight is 334 g/mol. The van der Waals surface area contributed by atoms with E-state index in [0.717, 1.165) is 19.3 Å². The average Bonchev–Trinajstić information content (AvgIpc) is 2.53. The first-order valence-corrected chi connectivity index (χ1v) is 8.27. The van der Waals surface area contributed by atoms with Gasteiger partial charge in [-0.05, 0) is 45.7 Å². The molecular weight excluding hydrogens is 308 g/mol. The van der Waals surface area contributed by atoms with E-state index >= 15 is 0 Å². The summed E-state index contributed by atoms with van der Waals surface area (Å²) in [5.41, 5.74) is 5.76. The van der Waals surface area contributed by atoms with E-state index in [0.29, 0.717) is 18.8 Å². The fourth-order valence-electron chi connectivity index (χ4n) is 2.44. The summed E-state index contributed by atoms with van der Waals surface area (Å²) in [5, 5.41) is 4.53. The first-order valence-electron chi connectivity index (χ1n) is 8.27. The molecule has 0 radical (unpaired) electrons. The van der Waals surface area contributed by atoms with Crippen LogP contribution in [-0.2, 0) is 9.63 Å². The first-order chi connectivity index (χ1) is 11.3. The Labute approximate surface area is 142 Å². The van der Waals surface area contributed by atoms with Crippen molar-refractivity contribution in [2.75, 3.05) is 18.8 Å². The quantitative estimate of drug-likeness (QED) is 0.870. The van der Waals surface area contributed by atoms with Gasteiger partial charge in [0.05, 0.1) is 17.1 Å². The van der Waals surface area contributed by atoms with E-state index in [1.54, 1.807) is 17.2 Å². The van der Waals surface area contributed by atoms with Crippen LogP contribution in [0, 0.1) is 5.41 Å². The Kier molecular flexibility index (Phi) is 5.77. The van der Waals surface area contributed by atoms with E-state index in [1.807, 2.05) is 20.8 Å². The maximum atomic E-state index is 12.2. The van der Waals surface area contributed by atoms with Crippen LogP contribution in [0.25, 0.3) is 0 Å². The largest absolute Gasteiger partial charge is 0.397 e. The summed E-state index contributed by atoms with van der Waals surface area (Å²) in [6, 6.07) is 3.28. The molecule has 1 atom stereocenters. The number of pyridine rings is 1. The third-order valence-electron chi connectivity index (χ3n) is 3.94. The molecule has 0 saturated carbocycles. The molecular formula is C17H26N4O3. The second-order valence-corrected chi connectivity index (χ2v) is 7.07. The number of carbonyl (C=O) groups excluding carboxylic acids is 2. The number of carbonyl (C=O) groups is 2. The standard InChI is InChI=1S/C17H26N4O3/c1-17(2,3)16(23)24-21-10-5-4-7-12(21)11-20-15(22)14-13(18)8-6-9-19-14/h6,8-9,12H,4-5,7,10-11,18H2,1-3H3,(H,20,22). The zero-order valence-electron chi connectivity index (χ0n) is 14.5. The second-order valence-electron chi connectivity index (χ2n) is 7.07. The Morgan fingerprint density at radius 3 is 2.83 bits per heavy atom. The number of nitrogens with two attached hydrogens (primary N) is 1. The molecule has 0 spiro atoms. The molecule has 0 bridgehead atoms. The van der Waals surface area contributed by atoms with E-state index in [2.05, 4.69) is 10.3 Å². The number of rotatable bonds is 4. The number of nitrogen functional groups attached to an aromatic ring is 1. The molecule has 1 aromatic heterocycles. The normalized spacial score (nSPS) is 18.9. The molecule has 1 aromatic rings. The Morgan fingerprint density at radius 2 is 2.17 bits per heavy atom. The van der Waals surface area contributed by atoms with Gasteiger partial charge < -0.3 is 15.9 Å². The number of nitrogens with zero attached hydrogens (tertiary/aromatic N) is 2. The molecule has 0 aromatic carbocycles. The highest BCUT2D eigenvalue weighted by Crippen LogP contribution is 2.22. The van der Waals surface area contributed by atoms with Crippen molar-refractivity contribution in [3.8, 4) is 0 Å². The highest BCUT2D eigenvalue weighted by atomic mass is 16.7. The van der Waals surface area contributed by atoms with Crippen molar-refractivity contribution in [1.82, 2.24) is 15.4 Å². The fraction of sp³-hybridized carbons (Fsp3) is 0.588. The fourth-order valence-corrected chi connectivity index (χ4v) is 2.44. The summed E-state index contributed by atoms with van der Waals surface area (Å²) in [6.45, 7) is 6.51. The topological polar surface area (TPSA) is 97.5 Å².